The molecule has 4 fully saturated rings. The van der Waals surface area contributed by atoms with E-state index in [4.69, 9.17) is 28.4 Å². The molecule has 7 rings (SSSR count). The van der Waals surface area contributed by atoms with Crippen LogP contribution in [0.25, 0.3) is 6.08 Å². The Balaban J connectivity index is 1.01. The SMILES string of the molecule is CC(C)(C)OC(=O)CCC(CO)NC(=O)c1cccc(CNC(=O)C2=CC3OC(C4CC4)(C4CC4)OC3C(OC(=O)c3ccccc3C=CC(=O)OC3C(=O)OCC3(C)C)C2)c1. The summed E-state index contributed by atoms with van der Waals surface area (Å²) in [6.07, 6.45) is 5.17. The van der Waals surface area contributed by atoms with Crippen LogP contribution in [0.15, 0.2) is 66.3 Å². The molecule has 15 nitrogen and oxygen atoms in total. The summed E-state index contributed by atoms with van der Waals surface area (Å²) in [7, 11) is 0. The van der Waals surface area contributed by atoms with Crippen LogP contribution in [0.3, 0.4) is 0 Å². The van der Waals surface area contributed by atoms with Crippen molar-refractivity contribution in [2.75, 3.05) is 13.2 Å². The van der Waals surface area contributed by atoms with E-state index in [2.05, 4.69) is 10.6 Å². The molecule has 5 unspecified atom stereocenters. The molecule has 2 heterocycles. The summed E-state index contributed by atoms with van der Waals surface area (Å²) in [5.41, 5.74) is 0.510. The largest absolute Gasteiger partial charge is 0.462 e. The predicted octanol–water partition coefficient (Wildman–Crippen LogP) is 4.88. The van der Waals surface area contributed by atoms with Gasteiger partial charge in [-0.25, -0.2) is 14.4 Å². The van der Waals surface area contributed by atoms with E-state index in [1.807, 2.05) is 0 Å². The average Bonchev–Trinajstić information content (AvgIpc) is 4.18. The second-order valence-corrected chi connectivity index (χ2v) is 18.5. The number of fused-ring (bicyclic) bond motifs is 1. The van der Waals surface area contributed by atoms with Gasteiger partial charge in [0.05, 0.1) is 18.2 Å². The van der Waals surface area contributed by atoms with Crippen molar-refractivity contribution in [3.8, 4) is 0 Å². The van der Waals surface area contributed by atoms with Crippen LogP contribution in [0.4, 0.5) is 0 Å². The molecule has 0 bridgehead atoms. The van der Waals surface area contributed by atoms with Gasteiger partial charge in [-0.3, -0.25) is 14.4 Å². The van der Waals surface area contributed by atoms with E-state index < -0.39 is 83.0 Å². The first kappa shape index (κ1) is 44.7. The molecule has 2 aromatic carbocycles. The summed E-state index contributed by atoms with van der Waals surface area (Å²) in [6.45, 7) is 8.66. The third kappa shape index (κ3) is 10.6. The van der Waals surface area contributed by atoms with Crippen molar-refractivity contribution in [1.29, 1.82) is 0 Å². The van der Waals surface area contributed by atoms with Crippen LogP contribution in [0.1, 0.15) is 111 Å². The number of rotatable bonds is 16. The third-order valence-electron chi connectivity index (χ3n) is 11.6. The van der Waals surface area contributed by atoms with Gasteiger partial charge in [0.2, 0.25) is 12.0 Å². The van der Waals surface area contributed by atoms with E-state index in [1.165, 1.54) is 6.08 Å². The highest BCUT2D eigenvalue weighted by Gasteiger charge is 2.64. The van der Waals surface area contributed by atoms with E-state index in [0.29, 0.717) is 22.3 Å². The van der Waals surface area contributed by atoms with Crippen LogP contribution >= 0.6 is 0 Å². The molecule has 2 saturated heterocycles. The number of hydrogen-bond donors (Lipinski definition) is 3. The quantitative estimate of drug-likeness (QED) is 0.117. The number of nitrogens with one attached hydrogen (secondary N) is 2. The van der Waals surface area contributed by atoms with Gasteiger partial charge in [-0.05, 0) is 94.4 Å². The normalized spacial score (nSPS) is 24.3. The number of aliphatic hydroxyl groups is 1. The Morgan fingerprint density at radius 3 is 2.34 bits per heavy atom. The van der Waals surface area contributed by atoms with E-state index >= 15 is 0 Å². The van der Waals surface area contributed by atoms with Gasteiger partial charge in [0.15, 0.2) is 5.79 Å². The maximum atomic E-state index is 14.0. The standard InChI is InChI=1S/C47H56N2O13/c1-45(2,3)61-38(52)20-18-33(25-50)49-42(54)29-11-8-9-27(21-29)24-48-41(53)30-22-35(39-36(23-30)60-47(62-39,31-14-15-31)32-16-17-32)58-43(55)34-12-7-6-10-28(34)13-19-37(51)59-40-44(56)57-26-46(40,4)5/h6-13,19,21,23,31-33,35-36,39-40,50H,14-18,20,22,24-26H2,1-5H3,(H,48,53)(H,49,54). The Hall–Kier alpha value is -5.38. The Kier molecular flexibility index (Phi) is 13.1. The maximum Gasteiger partial charge on any atom is 0.348 e. The van der Waals surface area contributed by atoms with E-state index in [-0.39, 0.29) is 56.4 Å². The molecule has 3 aliphatic carbocycles. The highest BCUT2D eigenvalue weighted by Crippen LogP contribution is 2.59. The summed E-state index contributed by atoms with van der Waals surface area (Å²) in [5, 5.41) is 15.6. The molecule has 332 valence electrons. The number of cyclic esters (lactones) is 1. The molecule has 2 saturated carbocycles. The van der Waals surface area contributed by atoms with Gasteiger partial charge in [0, 0.05) is 53.8 Å². The van der Waals surface area contributed by atoms with Gasteiger partial charge < -0.3 is 44.2 Å². The van der Waals surface area contributed by atoms with E-state index in [0.717, 1.165) is 31.8 Å². The minimum atomic E-state index is -1.06. The molecule has 62 heavy (non-hydrogen) atoms. The van der Waals surface area contributed by atoms with Gasteiger partial charge in [-0.2, -0.15) is 0 Å². The van der Waals surface area contributed by atoms with Crippen molar-refractivity contribution in [3.05, 3.63) is 88.5 Å². The van der Waals surface area contributed by atoms with E-state index in [9.17, 15) is 33.9 Å². The van der Waals surface area contributed by atoms with Crippen LogP contribution in [0.2, 0.25) is 0 Å². The van der Waals surface area contributed by atoms with Crippen molar-refractivity contribution >= 4 is 41.8 Å². The van der Waals surface area contributed by atoms with Gasteiger partial charge in [-0.15, -0.1) is 0 Å². The molecule has 3 N–H and O–H groups in total. The summed E-state index contributed by atoms with van der Waals surface area (Å²) in [6, 6.07) is 12.6. The van der Waals surface area contributed by atoms with Gasteiger partial charge in [0.1, 0.15) is 30.5 Å². The summed E-state index contributed by atoms with van der Waals surface area (Å²) in [4.78, 5) is 78.1. The molecule has 15 heteroatoms. The fraction of sp³-hybridized carbons (Fsp3) is 0.532. The number of benzene rings is 2. The molecule has 5 atom stereocenters. The molecule has 0 aromatic heterocycles. The second-order valence-electron chi connectivity index (χ2n) is 18.5. The molecule has 5 aliphatic rings. The molecular formula is C47H56N2O13. The number of amides is 2. The molecule has 2 amide bonds. The smallest absolute Gasteiger partial charge is 0.348 e. The van der Waals surface area contributed by atoms with Crippen LogP contribution in [0.5, 0.6) is 0 Å². The number of carbonyl (C=O) groups excluding carboxylic acids is 6. The zero-order chi connectivity index (χ0) is 44.4. The average molecular weight is 857 g/mol. The lowest BCUT2D eigenvalue weighted by molar-refractivity contribution is -0.209. The number of ether oxygens (including phenoxy) is 6. The van der Waals surface area contributed by atoms with Crippen molar-refractivity contribution < 1.29 is 62.3 Å². The lowest BCUT2D eigenvalue weighted by Crippen LogP contribution is -2.44. The highest BCUT2D eigenvalue weighted by molar-refractivity contribution is 5.97. The second kappa shape index (κ2) is 18.1. The van der Waals surface area contributed by atoms with Crippen molar-refractivity contribution in [3.63, 3.8) is 0 Å². The molecule has 2 aliphatic heterocycles. The first-order valence-corrected chi connectivity index (χ1v) is 21.4. The van der Waals surface area contributed by atoms with Gasteiger partial charge in [0.25, 0.3) is 5.91 Å². The van der Waals surface area contributed by atoms with Crippen molar-refractivity contribution in [2.45, 2.75) is 128 Å². The maximum absolute atomic E-state index is 14.0. The highest BCUT2D eigenvalue weighted by atomic mass is 16.8. The molecule has 0 spiro atoms. The Labute approximate surface area is 360 Å². The van der Waals surface area contributed by atoms with Crippen LogP contribution in [0, 0.1) is 17.3 Å². The Morgan fingerprint density at radius 2 is 1.68 bits per heavy atom. The number of carbonyl (C=O) groups is 6. The number of hydrogen-bond acceptors (Lipinski definition) is 13. The number of aliphatic hydroxyl groups excluding tert-OH is 1. The lowest BCUT2D eigenvalue weighted by atomic mass is 9.90. The lowest BCUT2D eigenvalue weighted by Gasteiger charge is -2.31. The summed E-state index contributed by atoms with van der Waals surface area (Å²) in [5.74, 6) is -3.74. The van der Waals surface area contributed by atoms with Crippen LogP contribution in [-0.2, 0) is 54.1 Å². The topological polar surface area (TPSA) is 202 Å². The summed E-state index contributed by atoms with van der Waals surface area (Å²) >= 11 is 0. The van der Waals surface area contributed by atoms with Gasteiger partial charge in [-0.1, -0.05) is 44.2 Å². The predicted molar refractivity (Wildman–Crippen MR) is 222 cm³/mol. The molecular weight excluding hydrogens is 801 g/mol. The van der Waals surface area contributed by atoms with E-state index in [1.54, 1.807) is 89.2 Å². The zero-order valence-corrected chi connectivity index (χ0v) is 35.8. The zero-order valence-electron chi connectivity index (χ0n) is 35.8. The third-order valence-corrected chi connectivity index (χ3v) is 11.6. The fourth-order valence-electron chi connectivity index (χ4n) is 8.13. The number of esters is 4. The van der Waals surface area contributed by atoms with Crippen molar-refractivity contribution in [2.24, 2.45) is 17.3 Å². The monoisotopic (exact) mass is 856 g/mol. The van der Waals surface area contributed by atoms with Crippen LogP contribution < -0.4 is 10.6 Å². The minimum absolute atomic E-state index is 0.0229. The summed E-state index contributed by atoms with van der Waals surface area (Å²) < 4.78 is 35.5. The fourth-order valence-corrected chi connectivity index (χ4v) is 8.13. The van der Waals surface area contributed by atoms with Crippen LogP contribution in [-0.4, -0.2) is 95.9 Å². The molecule has 2 aromatic rings. The molecule has 0 radical (unpaired) electrons. The van der Waals surface area contributed by atoms with Gasteiger partial charge >= 0.3 is 23.9 Å². The Morgan fingerprint density at radius 1 is 0.952 bits per heavy atom. The van der Waals surface area contributed by atoms with Crippen molar-refractivity contribution in [1.82, 2.24) is 10.6 Å². The Bertz CT molecular complexity index is 2120. The minimum Gasteiger partial charge on any atom is -0.462 e. The first-order chi connectivity index (χ1) is 29.4. The first-order valence-electron chi connectivity index (χ1n) is 21.4.